The lowest BCUT2D eigenvalue weighted by atomic mass is 9.72. The van der Waals surface area contributed by atoms with Gasteiger partial charge in [0.25, 0.3) is 0 Å². The molecule has 7 heteroatoms. The molecule has 0 bridgehead atoms. The molecule has 2 aliphatic heterocycles. The first-order valence-corrected chi connectivity index (χ1v) is 11.8. The number of anilines is 1. The Hall–Kier alpha value is -3.45. The van der Waals surface area contributed by atoms with Crippen LogP contribution in [0.1, 0.15) is 43.0 Å². The fraction of sp³-hybridized carbons (Fsp3) is 0.370. The van der Waals surface area contributed by atoms with E-state index in [1.165, 1.54) is 0 Å². The highest BCUT2D eigenvalue weighted by Crippen LogP contribution is 2.43. The van der Waals surface area contributed by atoms with Crippen LogP contribution in [-0.4, -0.2) is 47.6 Å². The normalized spacial score (nSPS) is 19.7. The van der Waals surface area contributed by atoms with Crippen LogP contribution in [-0.2, 0) is 14.9 Å². The minimum Gasteiger partial charge on any atom is -0.497 e. The summed E-state index contributed by atoms with van der Waals surface area (Å²) in [5.74, 6) is 1.12. The summed E-state index contributed by atoms with van der Waals surface area (Å²) in [5.41, 5.74) is 9.13. The minimum atomic E-state index is -0.587. The number of carbonyl (C=O) groups is 1. The highest BCUT2D eigenvalue weighted by atomic mass is 16.5. The number of hydrogen-bond acceptors (Lipinski definition) is 6. The number of amides is 1. The number of nitrogen functional groups attached to an aromatic ring is 1. The van der Waals surface area contributed by atoms with Gasteiger partial charge in [0.15, 0.2) is 0 Å². The quantitative estimate of drug-likeness (QED) is 0.618. The smallest absolute Gasteiger partial charge is 0.233 e. The number of benzene rings is 2. The molecule has 3 heterocycles. The summed E-state index contributed by atoms with van der Waals surface area (Å²) in [4.78, 5) is 25.3. The Bertz CT molecular complexity index is 1160. The number of aromatic nitrogens is 2. The van der Waals surface area contributed by atoms with Crippen LogP contribution in [0.5, 0.6) is 5.75 Å². The maximum atomic E-state index is 14.3. The average Bonchev–Trinajstić information content (AvgIpc) is 3.39. The third-order valence-electron chi connectivity index (χ3n) is 7.13. The highest BCUT2D eigenvalue weighted by Gasteiger charge is 2.47. The van der Waals surface area contributed by atoms with Gasteiger partial charge < -0.3 is 20.1 Å². The fourth-order valence-electron chi connectivity index (χ4n) is 5.35. The van der Waals surface area contributed by atoms with E-state index in [2.05, 4.69) is 22.1 Å². The summed E-state index contributed by atoms with van der Waals surface area (Å²) in [6, 6.07) is 17.8. The summed E-state index contributed by atoms with van der Waals surface area (Å²) >= 11 is 0. The molecular formula is C27H30N4O3. The topological polar surface area (TPSA) is 90.6 Å². The van der Waals surface area contributed by atoms with E-state index < -0.39 is 5.41 Å². The predicted molar refractivity (Wildman–Crippen MR) is 130 cm³/mol. The standard InChI is InChI=1S/C27H30N4O3/c1-33-21-10-5-7-19(17-21)22-18-29-26(28)30-24(22)23-11-6-14-31(23)25(32)27(12-15-34-16-13-27)20-8-3-2-4-9-20/h2-5,7-10,17-18,23H,6,11-16H2,1H3,(H2,28,29,30). The molecule has 0 radical (unpaired) electrons. The molecular weight excluding hydrogens is 428 g/mol. The van der Waals surface area contributed by atoms with E-state index in [-0.39, 0.29) is 17.9 Å². The van der Waals surface area contributed by atoms with Crippen LogP contribution in [0.4, 0.5) is 5.95 Å². The van der Waals surface area contributed by atoms with Gasteiger partial charge in [-0.2, -0.15) is 0 Å². The number of hydrogen-bond donors (Lipinski definition) is 1. The number of methoxy groups -OCH3 is 1. The van der Waals surface area contributed by atoms with Crippen LogP contribution in [0.15, 0.2) is 60.8 Å². The molecule has 2 saturated heterocycles. The van der Waals surface area contributed by atoms with Crippen LogP contribution in [0.25, 0.3) is 11.1 Å². The van der Waals surface area contributed by atoms with Gasteiger partial charge in [-0.05, 0) is 48.9 Å². The summed E-state index contributed by atoms with van der Waals surface area (Å²) in [7, 11) is 1.65. The van der Waals surface area contributed by atoms with Crippen LogP contribution >= 0.6 is 0 Å². The second-order valence-corrected chi connectivity index (χ2v) is 8.98. The zero-order valence-electron chi connectivity index (χ0n) is 19.4. The summed E-state index contributed by atoms with van der Waals surface area (Å²) in [5, 5.41) is 0. The Labute approximate surface area is 199 Å². The van der Waals surface area contributed by atoms with Crippen molar-refractivity contribution in [1.29, 1.82) is 0 Å². The van der Waals surface area contributed by atoms with E-state index >= 15 is 0 Å². The molecule has 1 amide bonds. The maximum Gasteiger partial charge on any atom is 0.233 e. The molecule has 34 heavy (non-hydrogen) atoms. The minimum absolute atomic E-state index is 0.151. The van der Waals surface area contributed by atoms with Gasteiger partial charge >= 0.3 is 0 Å². The van der Waals surface area contributed by atoms with Gasteiger partial charge in [0, 0.05) is 31.5 Å². The lowest BCUT2D eigenvalue weighted by Crippen LogP contribution is -2.49. The molecule has 176 valence electrons. The molecule has 2 aromatic carbocycles. The van der Waals surface area contributed by atoms with Gasteiger partial charge in [-0.3, -0.25) is 4.79 Å². The van der Waals surface area contributed by atoms with Crippen molar-refractivity contribution < 1.29 is 14.3 Å². The van der Waals surface area contributed by atoms with Crippen molar-refractivity contribution in [3.63, 3.8) is 0 Å². The molecule has 2 N–H and O–H groups in total. The van der Waals surface area contributed by atoms with Gasteiger partial charge in [0.05, 0.1) is 24.3 Å². The Morgan fingerprint density at radius 3 is 2.71 bits per heavy atom. The third kappa shape index (κ3) is 4.01. The number of rotatable bonds is 5. The lowest BCUT2D eigenvalue weighted by Gasteiger charge is -2.41. The molecule has 1 unspecified atom stereocenters. The maximum absolute atomic E-state index is 14.3. The Morgan fingerprint density at radius 1 is 1.15 bits per heavy atom. The van der Waals surface area contributed by atoms with Crippen molar-refractivity contribution in [2.75, 3.05) is 32.6 Å². The largest absolute Gasteiger partial charge is 0.497 e. The zero-order chi connectivity index (χ0) is 23.5. The molecule has 5 rings (SSSR count). The van der Waals surface area contributed by atoms with Crippen LogP contribution < -0.4 is 10.5 Å². The van der Waals surface area contributed by atoms with Gasteiger partial charge in [-0.25, -0.2) is 9.97 Å². The first-order chi connectivity index (χ1) is 16.6. The number of likely N-dealkylation sites (tertiary alicyclic amines) is 1. The van der Waals surface area contributed by atoms with Gasteiger partial charge in [0.2, 0.25) is 11.9 Å². The molecule has 1 aromatic heterocycles. The van der Waals surface area contributed by atoms with E-state index in [9.17, 15) is 4.79 Å². The summed E-state index contributed by atoms with van der Waals surface area (Å²) in [6.45, 7) is 1.85. The predicted octanol–water partition coefficient (Wildman–Crippen LogP) is 4.15. The van der Waals surface area contributed by atoms with E-state index in [0.29, 0.717) is 32.6 Å². The Morgan fingerprint density at radius 2 is 1.94 bits per heavy atom. The average molecular weight is 459 g/mol. The molecule has 0 aliphatic carbocycles. The number of nitrogens with zero attached hydrogens (tertiary/aromatic N) is 3. The lowest BCUT2D eigenvalue weighted by molar-refractivity contribution is -0.142. The van der Waals surface area contributed by atoms with Crippen LogP contribution in [0, 0.1) is 0 Å². The molecule has 7 nitrogen and oxygen atoms in total. The fourth-order valence-corrected chi connectivity index (χ4v) is 5.35. The third-order valence-corrected chi connectivity index (χ3v) is 7.13. The van der Waals surface area contributed by atoms with E-state index in [1.807, 2.05) is 47.4 Å². The molecule has 2 aliphatic rings. The highest BCUT2D eigenvalue weighted by molar-refractivity contribution is 5.89. The second-order valence-electron chi connectivity index (χ2n) is 8.98. The van der Waals surface area contributed by atoms with Gasteiger partial charge in [0.1, 0.15) is 5.75 Å². The first-order valence-electron chi connectivity index (χ1n) is 11.8. The van der Waals surface area contributed by atoms with Gasteiger partial charge in [-0.1, -0.05) is 42.5 Å². The SMILES string of the molecule is COc1cccc(-c2cnc(N)nc2C2CCCN2C(=O)C2(c3ccccc3)CCOCC2)c1. The van der Waals surface area contributed by atoms with E-state index in [4.69, 9.17) is 15.2 Å². The molecule has 1 atom stereocenters. The van der Waals surface area contributed by atoms with Crippen molar-refractivity contribution >= 4 is 11.9 Å². The number of ether oxygens (including phenoxy) is 2. The van der Waals surface area contributed by atoms with Crippen molar-refractivity contribution in [3.8, 4) is 16.9 Å². The van der Waals surface area contributed by atoms with Crippen molar-refractivity contribution in [2.24, 2.45) is 0 Å². The Balaban J connectivity index is 1.56. The Kier molecular flexibility index (Phi) is 6.20. The van der Waals surface area contributed by atoms with Gasteiger partial charge in [-0.15, -0.1) is 0 Å². The molecule has 2 fully saturated rings. The first kappa shape index (κ1) is 22.3. The van der Waals surface area contributed by atoms with Crippen LogP contribution in [0.2, 0.25) is 0 Å². The van der Waals surface area contributed by atoms with Crippen molar-refractivity contribution in [1.82, 2.24) is 14.9 Å². The molecule has 3 aromatic rings. The van der Waals surface area contributed by atoms with E-state index in [1.54, 1.807) is 13.3 Å². The van der Waals surface area contributed by atoms with Crippen molar-refractivity contribution in [3.05, 3.63) is 72.1 Å². The van der Waals surface area contributed by atoms with Crippen LogP contribution in [0.3, 0.4) is 0 Å². The summed E-state index contributed by atoms with van der Waals surface area (Å²) < 4.78 is 11.1. The second kappa shape index (κ2) is 9.43. The zero-order valence-corrected chi connectivity index (χ0v) is 19.4. The number of carbonyl (C=O) groups excluding carboxylic acids is 1. The number of nitrogens with two attached hydrogens (primary N) is 1. The monoisotopic (exact) mass is 458 g/mol. The molecule has 0 saturated carbocycles. The molecule has 0 spiro atoms. The van der Waals surface area contributed by atoms with E-state index in [0.717, 1.165) is 41.0 Å². The van der Waals surface area contributed by atoms with Crippen molar-refractivity contribution in [2.45, 2.75) is 37.1 Å². The summed E-state index contributed by atoms with van der Waals surface area (Å²) in [6.07, 6.45) is 4.86.